The Hall–Kier alpha value is -4.32. The molecular formula is C19H10FN3O5. The van der Waals surface area contributed by atoms with Crippen molar-refractivity contribution in [1.29, 1.82) is 5.26 Å². The van der Waals surface area contributed by atoms with E-state index in [4.69, 9.17) is 4.42 Å². The molecule has 28 heavy (non-hydrogen) atoms. The lowest BCUT2D eigenvalue weighted by molar-refractivity contribution is -0.384. The lowest BCUT2D eigenvalue weighted by Crippen LogP contribution is -1.92. The van der Waals surface area contributed by atoms with Gasteiger partial charge in [-0.3, -0.25) is 20.2 Å². The highest BCUT2D eigenvalue weighted by atomic mass is 19.1. The Morgan fingerprint density at radius 1 is 1.04 bits per heavy atom. The van der Waals surface area contributed by atoms with E-state index in [9.17, 15) is 29.9 Å². The Balaban J connectivity index is 1.96. The summed E-state index contributed by atoms with van der Waals surface area (Å²) >= 11 is 0. The van der Waals surface area contributed by atoms with Gasteiger partial charge in [0.25, 0.3) is 11.4 Å². The standard InChI is InChI=1S/C19H10FN3O5/c20-14-3-7-17(18(10-14)23(26)27)19-8-6-16(28-19)9-13(11-21)12-1-4-15(5-2-12)22(24)25/h1-10H/b13-9-. The molecular weight excluding hydrogens is 369 g/mol. The first-order valence-corrected chi connectivity index (χ1v) is 7.80. The molecule has 0 saturated heterocycles. The number of halogens is 1. The molecule has 9 heteroatoms. The van der Waals surface area contributed by atoms with Crippen LogP contribution in [0.1, 0.15) is 11.3 Å². The minimum atomic E-state index is -0.743. The first kappa shape index (κ1) is 18.5. The zero-order valence-electron chi connectivity index (χ0n) is 14.0. The molecule has 0 radical (unpaired) electrons. The van der Waals surface area contributed by atoms with E-state index in [1.165, 1.54) is 48.5 Å². The zero-order valence-corrected chi connectivity index (χ0v) is 14.0. The number of non-ortho nitro benzene ring substituents is 1. The van der Waals surface area contributed by atoms with E-state index in [0.29, 0.717) is 5.56 Å². The topological polar surface area (TPSA) is 123 Å². The Bertz CT molecular complexity index is 1140. The molecule has 0 aliphatic heterocycles. The molecule has 0 aliphatic carbocycles. The Kier molecular flexibility index (Phi) is 4.95. The highest BCUT2D eigenvalue weighted by molar-refractivity contribution is 5.89. The summed E-state index contributed by atoms with van der Waals surface area (Å²) in [5, 5.41) is 31.2. The van der Waals surface area contributed by atoms with Crippen molar-refractivity contribution in [2.75, 3.05) is 0 Å². The largest absolute Gasteiger partial charge is 0.456 e. The predicted molar refractivity (Wildman–Crippen MR) is 97.3 cm³/mol. The van der Waals surface area contributed by atoms with Crippen LogP contribution in [0.2, 0.25) is 0 Å². The minimum absolute atomic E-state index is 0.0971. The van der Waals surface area contributed by atoms with Crippen LogP contribution in [0.5, 0.6) is 0 Å². The van der Waals surface area contributed by atoms with Crippen LogP contribution in [0.4, 0.5) is 15.8 Å². The first-order chi connectivity index (χ1) is 13.4. The number of nitro benzene ring substituents is 2. The molecule has 3 rings (SSSR count). The van der Waals surface area contributed by atoms with Gasteiger partial charge < -0.3 is 4.42 Å². The summed E-state index contributed by atoms with van der Waals surface area (Å²) in [6, 6.07) is 13.5. The third kappa shape index (κ3) is 3.76. The van der Waals surface area contributed by atoms with Crippen molar-refractivity contribution < 1.29 is 18.7 Å². The van der Waals surface area contributed by atoms with Gasteiger partial charge in [-0.05, 0) is 48.0 Å². The average Bonchev–Trinajstić information content (AvgIpc) is 3.14. The average molecular weight is 379 g/mol. The van der Waals surface area contributed by atoms with Crippen molar-refractivity contribution >= 4 is 23.0 Å². The molecule has 0 spiro atoms. The van der Waals surface area contributed by atoms with Crippen molar-refractivity contribution in [2.24, 2.45) is 0 Å². The van der Waals surface area contributed by atoms with Gasteiger partial charge in [-0.2, -0.15) is 5.26 Å². The second-order valence-corrected chi connectivity index (χ2v) is 5.59. The molecule has 1 aromatic heterocycles. The molecule has 0 unspecified atom stereocenters. The summed E-state index contributed by atoms with van der Waals surface area (Å²) in [7, 11) is 0. The molecule has 0 fully saturated rings. The van der Waals surface area contributed by atoms with E-state index in [1.807, 2.05) is 6.07 Å². The fraction of sp³-hybridized carbons (Fsp3) is 0. The van der Waals surface area contributed by atoms with Crippen molar-refractivity contribution in [3.8, 4) is 17.4 Å². The van der Waals surface area contributed by atoms with Gasteiger partial charge in [0.05, 0.1) is 33.1 Å². The molecule has 0 atom stereocenters. The maximum atomic E-state index is 13.3. The van der Waals surface area contributed by atoms with Crippen molar-refractivity contribution in [3.05, 3.63) is 92.0 Å². The number of benzene rings is 2. The number of nitro groups is 2. The Morgan fingerprint density at radius 2 is 1.75 bits per heavy atom. The number of rotatable bonds is 5. The van der Waals surface area contributed by atoms with Gasteiger partial charge in [-0.15, -0.1) is 0 Å². The third-order valence-electron chi connectivity index (χ3n) is 3.84. The van der Waals surface area contributed by atoms with Crippen molar-refractivity contribution in [3.63, 3.8) is 0 Å². The fourth-order valence-corrected chi connectivity index (χ4v) is 2.52. The lowest BCUT2D eigenvalue weighted by atomic mass is 10.1. The normalized spacial score (nSPS) is 11.1. The van der Waals surface area contributed by atoms with Gasteiger partial charge in [0.2, 0.25) is 0 Å². The Labute approximate surface area is 157 Å². The summed E-state index contributed by atoms with van der Waals surface area (Å²) < 4.78 is 18.8. The van der Waals surface area contributed by atoms with Crippen molar-refractivity contribution in [1.82, 2.24) is 0 Å². The number of furan rings is 1. The van der Waals surface area contributed by atoms with Gasteiger partial charge in [0.15, 0.2) is 0 Å². The lowest BCUT2D eigenvalue weighted by Gasteiger charge is -2.00. The van der Waals surface area contributed by atoms with Gasteiger partial charge >= 0.3 is 0 Å². The number of nitriles is 1. The van der Waals surface area contributed by atoms with Crippen LogP contribution in [0.3, 0.4) is 0 Å². The van der Waals surface area contributed by atoms with Gasteiger partial charge in [-0.1, -0.05) is 0 Å². The molecule has 2 aromatic carbocycles. The second kappa shape index (κ2) is 7.51. The number of nitrogens with zero attached hydrogens (tertiary/aromatic N) is 3. The van der Waals surface area contributed by atoms with E-state index in [2.05, 4.69) is 0 Å². The Morgan fingerprint density at radius 3 is 2.36 bits per heavy atom. The summed E-state index contributed by atoms with van der Waals surface area (Å²) in [5.74, 6) is -0.366. The van der Waals surface area contributed by atoms with Gasteiger partial charge in [0.1, 0.15) is 17.3 Å². The molecule has 1 heterocycles. The maximum absolute atomic E-state index is 13.3. The SMILES string of the molecule is N#C/C(=C/c1ccc(-c2ccc(F)cc2[N+](=O)[O-])o1)c1ccc([N+](=O)[O-])cc1. The molecule has 8 nitrogen and oxygen atoms in total. The molecule has 0 amide bonds. The molecule has 3 aromatic rings. The molecule has 138 valence electrons. The number of hydrogen-bond acceptors (Lipinski definition) is 6. The van der Waals surface area contributed by atoms with Gasteiger partial charge in [-0.25, -0.2) is 4.39 Å². The second-order valence-electron chi connectivity index (χ2n) is 5.59. The van der Waals surface area contributed by atoms with Crippen LogP contribution in [-0.4, -0.2) is 9.85 Å². The van der Waals surface area contributed by atoms with Crippen LogP contribution in [0.15, 0.2) is 59.0 Å². The minimum Gasteiger partial charge on any atom is -0.456 e. The van der Waals surface area contributed by atoms with Crippen LogP contribution in [0, 0.1) is 37.4 Å². The summed E-state index contributed by atoms with van der Waals surface area (Å²) in [6.07, 6.45) is 1.40. The highest BCUT2D eigenvalue weighted by Gasteiger charge is 2.19. The summed E-state index contributed by atoms with van der Waals surface area (Å²) in [6.45, 7) is 0. The van der Waals surface area contributed by atoms with Crippen LogP contribution < -0.4 is 0 Å². The first-order valence-electron chi connectivity index (χ1n) is 7.80. The molecule has 0 saturated carbocycles. The molecule has 0 aliphatic rings. The predicted octanol–water partition coefficient (Wildman–Crippen LogP) is 4.97. The highest BCUT2D eigenvalue weighted by Crippen LogP contribution is 2.32. The number of hydrogen-bond donors (Lipinski definition) is 0. The van der Waals surface area contributed by atoms with Gasteiger partial charge in [0, 0.05) is 12.1 Å². The summed E-state index contributed by atoms with van der Waals surface area (Å²) in [5.41, 5.74) is 0.175. The van der Waals surface area contributed by atoms with Crippen LogP contribution in [-0.2, 0) is 0 Å². The fourth-order valence-electron chi connectivity index (χ4n) is 2.52. The quantitative estimate of drug-likeness (QED) is 0.350. The van der Waals surface area contributed by atoms with Crippen molar-refractivity contribution in [2.45, 2.75) is 0 Å². The van der Waals surface area contributed by atoms with E-state index < -0.39 is 21.4 Å². The summed E-state index contributed by atoms with van der Waals surface area (Å²) in [4.78, 5) is 20.6. The van der Waals surface area contributed by atoms with E-state index >= 15 is 0 Å². The maximum Gasteiger partial charge on any atom is 0.283 e. The van der Waals surface area contributed by atoms with Crippen LogP contribution in [0.25, 0.3) is 23.0 Å². The van der Waals surface area contributed by atoms with Crippen LogP contribution >= 0.6 is 0 Å². The number of allylic oxidation sites excluding steroid dienone is 1. The molecule has 0 N–H and O–H groups in total. The van der Waals surface area contributed by atoms with E-state index in [-0.39, 0.29) is 28.3 Å². The van der Waals surface area contributed by atoms with E-state index in [1.54, 1.807) is 0 Å². The monoisotopic (exact) mass is 379 g/mol. The smallest absolute Gasteiger partial charge is 0.283 e. The van der Waals surface area contributed by atoms with E-state index in [0.717, 1.165) is 12.1 Å². The third-order valence-corrected chi connectivity index (χ3v) is 3.84. The molecule has 0 bridgehead atoms. The zero-order chi connectivity index (χ0) is 20.3.